The summed E-state index contributed by atoms with van der Waals surface area (Å²) in [5.74, 6) is -0.190. The van der Waals surface area contributed by atoms with E-state index < -0.39 is 5.91 Å². The third kappa shape index (κ3) is 1.90. The number of guanidine groups is 1. The standard InChI is InChI=1S/C9H8N4O2/c14-7-4-2-1-3-6(7)8(15)12-9-10-5-11-13-9/h1-5H,(H3,10,11,12,13,14,15)/p+1. The summed E-state index contributed by atoms with van der Waals surface area (Å²) in [6, 6.07) is 6.29. The Bertz CT molecular complexity index is 463. The van der Waals surface area contributed by atoms with Crippen LogP contribution in [0.5, 0.6) is 5.75 Å². The second-order valence-corrected chi connectivity index (χ2v) is 2.85. The van der Waals surface area contributed by atoms with Crippen LogP contribution in [0, 0.1) is 0 Å². The van der Waals surface area contributed by atoms with Gasteiger partial charge in [0.25, 0.3) is 6.34 Å². The van der Waals surface area contributed by atoms with Crippen molar-refractivity contribution in [1.82, 2.24) is 20.8 Å². The number of hydrazine groups is 1. The number of nitrogens with one attached hydrogen (secondary N) is 3. The maximum absolute atomic E-state index is 11.6. The SMILES string of the molecule is O=C(NC1=[N+]=CNN1)c1ccccc1O. The van der Waals surface area contributed by atoms with E-state index in [1.807, 2.05) is 0 Å². The van der Waals surface area contributed by atoms with Crippen molar-refractivity contribution in [3.05, 3.63) is 29.8 Å². The van der Waals surface area contributed by atoms with Crippen molar-refractivity contribution < 1.29 is 9.90 Å². The van der Waals surface area contributed by atoms with E-state index in [1.165, 1.54) is 18.5 Å². The number of amides is 1. The molecular weight excluding hydrogens is 196 g/mol. The Morgan fingerprint density at radius 1 is 1.40 bits per heavy atom. The van der Waals surface area contributed by atoms with Crippen LogP contribution >= 0.6 is 0 Å². The fraction of sp³-hybridized carbons (Fsp3) is 0. The number of para-hydroxylation sites is 1. The van der Waals surface area contributed by atoms with Gasteiger partial charge >= 0.3 is 11.9 Å². The van der Waals surface area contributed by atoms with Crippen LogP contribution in [0.3, 0.4) is 0 Å². The minimum Gasteiger partial charge on any atom is -0.507 e. The first-order chi connectivity index (χ1) is 7.27. The van der Waals surface area contributed by atoms with Crippen LogP contribution in [0.25, 0.3) is 0 Å². The van der Waals surface area contributed by atoms with Gasteiger partial charge in [0, 0.05) is 0 Å². The molecule has 0 aliphatic carbocycles. The molecule has 0 spiro atoms. The highest BCUT2D eigenvalue weighted by molar-refractivity contribution is 6.07. The Hall–Kier alpha value is -2.46. The summed E-state index contributed by atoms with van der Waals surface area (Å²) in [7, 11) is 0. The van der Waals surface area contributed by atoms with Gasteiger partial charge in [-0.1, -0.05) is 12.1 Å². The number of carbonyl (C=O) groups is 1. The summed E-state index contributed by atoms with van der Waals surface area (Å²) >= 11 is 0. The van der Waals surface area contributed by atoms with E-state index >= 15 is 0 Å². The van der Waals surface area contributed by atoms with Crippen LogP contribution in [-0.2, 0) is 0 Å². The predicted molar refractivity (Wildman–Crippen MR) is 55.0 cm³/mol. The molecule has 0 unspecified atom stereocenters. The Morgan fingerprint density at radius 3 is 2.87 bits per heavy atom. The van der Waals surface area contributed by atoms with Crippen molar-refractivity contribution in [3.8, 4) is 5.75 Å². The first-order valence-corrected chi connectivity index (χ1v) is 4.28. The zero-order valence-corrected chi connectivity index (χ0v) is 7.69. The second kappa shape index (κ2) is 3.73. The van der Waals surface area contributed by atoms with Crippen LogP contribution in [0.2, 0.25) is 0 Å². The minimum absolute atomic E-state index is 0.0643. The van der Waals surface area contributed by atoms with Crippen molar-refractivity contribution in [2.24, 2.45) is 0 Å². The quantitative estimate of drug-likeness (QED) is 0.428. The topological polar surface area (TPSA) is 87.5 Å². The zero-order chi connectivity index (χ0) is 10.7. The molecule has 6 heteroatoms. The monoisotopic (exact) mass is 205 g/mol. The van der Waals surface area contributed by atoms with E-state index in [2.05, 4.69) is 20.8 Å². The highest BCUT2D eigenvalue weighted by atomic mass is 16.3. The number of phenols is 1. The second-order valence-electron chi connectivity index (χ2n) is 2.85. The van der Waals surface area contributed by atoms with Crippen molar-refractivity contribution in [1.29, 1.82) is 0 Å². The third-order valence-corrected chi connectivity index (χ3v) is 1.83. The van der Waals surface area contributed by atoms with Gasteiger partial charge in [0.1, 0.15) is 5.75 Å². The maximum atomic E-state index is 11.6. The molecule has 0 bridgehead atoms. The average molecular weight is 205 g/mol. The summed E-state index contributed by atoms with van der Waals surface area (Å²) in [4.78, 5) is 11.6. The minimum atomic E-state index is -0.420. The molecule has 0 atom stereocenters. The fourth-order valence-corrected chi connectivity index (χ4v) is 1.13. The molecule has 1 heterocycles. The number of phenolic OH excluding ortho intramolecular Hbond substituents is 1. The molecule has 15 heavy (non-hydrogen) atoms. The number of benzene rings is 1. The number of hydrogen-bond donors (Lipinski definition) is 4. The van der Waals surface area contributed by atoms with Gasteiger partial charge in [-0.25, -0.2) is 9.98 Å². The smallest absolute Gasteiger partial charge is 0.431 e. The molecule has 0 radical (unpaired) electrons. The molecule has 0 saturated heterocycles. The van der Waals surface area contributed by atoms with Gasteiger partial charge in [0.2, 0.25) is 0 Å². The molecule has 0 fully saturated rings. The molecule has 4 N–H and O–H groups in total. The van der Waals surface area contributed by atoms with E-state index in [1.54, 1.807) is 12.1 Å². The molecule has 76 valence electrons. The lowest BCUT2D eigenvalue weighted by molar-refractivity contribution is 0.0973. The van der Waals surface area contributed by atoms with Crippen molar-refractivity contribution >= 4 is 18.2 Å². The Balaban J connectivity index is 2.15. The van der Waals surface area contributed by atoms with Crippen LogP contribution in [0.4, 0.5) is 0 Å². The first kappa shape index (κ1) is 9.11. The number of hydrogen-bond acceptors (Lipinski definition) is 4. The zero-order valence-electron chi connectivity index (χ0n) is 7.69. The average Bonchev–Trinajstić information content (AvgIpc) is 2.71. The molecule has 1 aliphatic heterocycles. The number of rotatable bonds is 1. The van der Waals surface area contributed by atoms with E-state index in [4.69, 9.17) is 0 Å². The molecule has 6 nitrogen and oxygen atoms in total. The van der Waals surface area contributed by atoms with E-state index in [9.17, 15) is 9.90 Å². The van der Waals surface area contributed by atoms with Gasteiger partial charge in [-0.05, 0) is 12.1 Å². The lowest BCUT2D eigenvalue weighted by Gasteiger charge is -2.00. The molecular formula is C9H9N4O2+. The molecule has 0 aromatic heterocycles. The third-order valence-electron chi connectivity index (χ3n) is 1.83. The highest BCUT2D eigenvalue weighted by Crippen LogP contribution is 2.14. The Labute approximate surface area is 85.3 Å². The summed E-state index contributed by atoms with van der Waals surface area (Å²) in [5.41, 5.74) is 5.40. The Kier molecular flexibility index (Phi) is 2.26. The largest absolute Gasteiger partial charge is 0.507 e. The lowest BCUT2D eigenvalue weighted by atomic mass is 10.2. The summed E-state index contributed by atoms with van der Waals surface area (Å²) < 4.78 is 3.79. The van der Waals surface area contributed by atoms with E-state index in [0.717, 1.165) is 0 Å². The van der Waals surface area contributed by atoms with Crippen LogP contribution in [0.1, 0.15) is 10.4 Å². The lowest BCUT2D eigenvalue weighted by Crippen LogP contribution is -2.43. The van der Waals surface area contributed by atoms with Gasteiger partial charge < -0.3 is 5.11 Å². The number of aromatic hydroxyl groups is 1. The van der Waals surface area contributed by atoms with E-state index in [0.29, 0.717) is 5.96 Å². The van der Waals surface area contributed by atoms with Crippen LogP contribution in [-0.4, -0.2) is 23.3 Å². The van der Waals surface area contributed by atoms with Crippen molar-refractivity contribution in [2.75, 3.05) is 0 Å². The van der Waals surface area contributed by atoms with Crippen LogP contribution < -0.4 is 20.8 Å². The predicted octanol–water partition coefficient (Wildman–Crippen LogP) is -1.32. The molecule has 2 rings (SSSR count). The van der Waals surface area contributed by atoms with Crippen LogP contribution in [0.15, 0.2) is 24.3 Å². The summed E-state index contributed by atoms with van der Waals surface area (Å²) in [6.45, 7) is 0. The molecule has 0 saturated carbocycles. The molecule has 1 aromatic carbocycles. The highest BCUT2D eigenvalue weighted by Gasteiger charge is 2.18. The van der Waals surface area contributed by atoms with Gasteiger partial charge in [-0.3, -0.25) is 4.79 Å². The maximum Gasteiger partial charge on any atom is 0.431 e. The summed E-state index contributed by atoms with van der Waals surface area (Å²) in [6.07, 6.45) is 1.40. The van der Waals surface area contributed by atoms with Gasteiger partial charge in [0.15, 0.2) is 0 Å². The molecule has 1 amide bonds. The normalized spacial score (nSPS) is 12.7. The number of carbonyl (C=O) groups excluding carboxylic acids is 1. The number of nitrogens with zero attached hydrogens (tertiary/aromatic N) is 1. The van der Waals surface area contributed by atoms with Crippen molar-refractivity contribution in [3.63, 3.8) is 0 Å². The van der Waals surface area contributed by atoms with E-state index in [-0.39, 0.29) is 11.3 Å². The first-order valence-electron chi connectivity index (χ1n) is 4.28. The van der Waals surface area contributed by atoms with Gasteiger partial charge in [0.05, 0.1) is 5.56 Å². The molecule has 1 aliphatic rings. The van der Waals surface area contributed by atoms with Gasteiger partial charge in [-0.2, -0.15) is 10.9 Å². The molecule has 1 aromatic rings. The Morgan fingerprint density at radius 2 is 2.20 bits per heavy atom. The van der Waals surface area contributed by atoms with Gasteiger partial charge in [-0.15, -0.1) is 0 Å². The fourth-order valence-electron chi connectivity index (χ4n) is 1.13. The van der Waals surface area contributed by atoms with Crippen molar-refractivity contribution in [2.45, 2.75) is 0 Å². The summed E-state index contributed by atoms with van der Waals surface area (Å²) in [5, 5.41) is 11.9.